The SMILES string of the molecule is Cc1nc(NCC2CCOC2)cc(=O)[nH]1. The first-order chi connectivity index (χ1) is 7.24. The molecule has 0 radical (unpaired) electrons. The number of aryl methyl sites for hydroxylation is 1. The Kier molecular flexibility index (Phi) is 3.01. The minimum absolute atomic E-state index is 0.118. The number of aromatic nitrogens is 2. The standard InChI is InChI=1S/C10H15N3O2/c1-7-12-9(4-10(14)13-7)11-5-8-2-3-15-6-8/h4,8H,2-3,5-6H2,1H3,(H2,11,12,13,14). The van der Waals surface area contributed by atoms with Crippen molar-refractivity contribution in [2.45, 2.75) is 13.3 Å². The van der Waals surface area contributed by atoms with Crippen molar-refractivity contribution >= 4 is 5.82 Å². The number of hydrogen-bond donors (Lipinski definition) is 2. The van der Waals surface area contributed by atoms with Gasteiger partial charge in [-0.3, -0.25) is 4.79 Å². The van der Waals surface area contributed by atoms with Crippen LogP contribution in [0.1, 0.15) is 12.2 Å². The van der Waals surface area contributed by atoms with Crippen molar-refractivity contribution in [2.24, 2.45) is 5.92 Å². The maximum atomic E-state index is 11.1. The van der Waals surface area contributed by atoms with Gasteiger partial charge in [0.25, 0.3) is 5.56 Å². The summed E-state index contributed by atoms with van der Waals surface area (Å²) in [6.45, 7) is 4.23. The van der Waals surface area contributed by atoms with Crippen LogP contribution in [0.25, 0.3) is 0 Å². The molecule has 0 amide bonds. The first-order valence-corrected chi connectivity index (χ1v) is 5.13. The van der Waals surface area contributed by atoms with Crippen molar-refractivity contribution in [3.05, 3.63) is 22.2 Å². The average Bonchev–Trinajstić information content (AvgIpc) is 2.65. The second kappa shape index (κ2) is 4.44. The van der Waals surface area contributed by atoms with E-state index in [0.717, 1.165) is 26.2 Å². The Morgan fingerprint density at radius 3 is 3.27 bits per heavy atom. The summed E-state index contributed by atoms with van der Waals surface area (Å²) in [4.78, 5) is 17.9. The number of anilines is 1. The molecule has 2 heterocycles. The number of nitrogens with one attached hydrogen (secondary N) is 2. The van der Waals surface area contributed by atoms with Gasteiger partial charge in [0.05, 0.1) is 6.61 Å². The number of aromatic amines is 1. The molecule has 2 rings (SSSR count). The second-order valence-corrected chi connectivity index (χ2v) is 3.83. The largest absolute Gasteiger partial charge is 0.381 e. The summed E-state index contributed by atoms with van der Waals surface area (Å²) in [6, 6.07) is 1.48. The third kappa shape index (κ3) is 2.79. The first kappa shape index (κ1) is 10.2. The summed E-state index contributed by atoms with van der Waals surface area (Å²) in [6.07, 6.45) is 1.08. The summed E-state index contributed by atoms with van der Waals surface area (Å²) in [7, 11) is 0. The fraction of sp³-hybridized carbons (Fsp3) is 0.600. The van der Waals surface area contributed by atoms with Crippen molar-refractivity contribution in [1.29, 1.82) is 0 Å². The highest BCUT2D eigenvalue weighted by Crippen LogP contribution is 2.12. The Balaban J connectivity index is 1.95. The molecule has 1 aromatic rings. The Morgan fingerprint density at radius 1 is 1.73 bits per heavy atom. The van der Waals surface area contributed by atoms with E-state index in [4.69, 9.17) is 4.74 Å². The van der Waals surface area contributed by atoms with Gasteiger partial charge in [0.1, 0.15) is 11.6 Å². The monoisotopic (exact) mass is 209 g/mol. The molecule has 0 aromatic carbocycles. The lowest BCUT2D eigenvalue weighted by Crippen LogP contribution is -2.17. The normalized spacial score (nSPS) is 20.5. The molecule has 1 unspecified atom stereocenters. The zero-order chi connectivity index (χ0) is 10.7. The predicted molar refractivity (Wildman–Crippen MR) is 57.0 cm³/mol. The van der Waals surface area contributed by atoms with Crippen molar-refractivity contribution in [1.82, 2.24) is 9.97 Å². The smallest absolute Gasteiger partial charge is 0.252 e. The van der Waals surface area contributed by atoms with E-state index in [2.05, 4.69) is 15.3 Å². The number of H-pyrrole nitrogens is 1. The van der Waals surface area contributed by atoms with Crippen LogP contribution in [0.15, 0.2) is 10.9 Å². The first-order valence-electron chi connectivity index (χ1n) is 5.13. The molecule has 5 nitrogen and oxygen atoms in total. The summed E-state index contributed by atoms with van der Waals surface area (Å²) in [5.74, 6) is 1.81. The molecule has 1 atom stereocenters. The minimum Gasteiger partial charge on any atom is -0.381 e. The van der Waals surface area contributed by atoms with Gasteiger partial charge in [0, 0.05) is 25.1 Å². The molecule has 1 saturated heterocycles. The van der Waals surface area contributed by atoms with E-state index in [0.29, 0.717) is 17.6 Å². The quantitative estimate of drug-likeness (QED) is 0.762. The maximum absolute atomic E-state index is 11.1. The zero-order valence-corrected chi connectivity index (χ0v) is 8.75. The van der Waals surface area contributed by atoms with Gasteiger partial charge in [-0.2, -0.15) is 0 Å². The molecule has 1 aromatic heterocycles. The topological polar surface area (TPSA) is 67.0 Å². The molecule has 82 valence electrons. The van der Waals surface area contributed by atoms with Gasteiger partial charge in [-0.1, -0.05) is 0 Å². The number of hydrogen-bond acceptors (Lipinski definition) is 4. The number of ether oxygens (including phenoxy) is 1. The van der Waals surface area contributed by atoms with Crippen LogP contribution in [0.2, 0.25) is 0 Å². The van der Waals surface area contributed by atoms with E-state index < -0.39 is 0 Å². The molecule has 0 bridgehead atoms. The van der Waals surface area contributed by atoms with E-state index in [1.807, 2.05) is 0 Å². The molecule has 5 heteroatoms. The molecule has 1 aliphatic rings. The number of rotatable bonds is 3. The van der Waals surface area contributed by atoms with Crippen LogP contribution in [-0.2, 0) is 4.74 Å². The Hall–Kier alpha value is -1.36. The van der Waals surface area contributed by atoms with Crippen molar-refractivity contribution < 1.29 is 4.74 Å². The number of nitrogens with zero attached hydrogens (tertiary/aromatic N) is 1. The molecule has 0 spiro atoms. The van der Waals surface area contributed by atoms with Gasteiger partial charge in [-0.25, -0.2) is 4.98 Å². The molecular weight excluding hydrogens is 194 g/mol. The summed E-state index contributed by atoms with van der Waals surface area (Å²) in [5, 5.41) is 3.16. The van der Waals surface area contributed by atoms with Crippen LogP contribution in [0.5, 0.6) is 0 Å². The molecule has 1 aliphatic heterocycles. The molecule has 15 heavy (non-hydrogen) atoms. The fourth-order valence-electron chi connectivity index (χ4n) is 1.66. The highest BCUT2D eigenvalue weighted by molar-refractivity contribution is 5.32. The van der Waals surface area contributed by atoms with E-state index >= 15 is 0 Å². The van der Waals surface area contributed by atoms with E-state index in [9.17, 15) is 4.79 Å². The Morgan fingerprint density at radius 2 is 2.60 bits per heavy atom. The van der Waals surface area contributed by atoms with Crippen molar-refractivity contribution in [3.63, 3.8) is 0 Å². The molecular formula is C10H15N3O2. The molecule has 0 aliphatic carbocycles. The lowest BCUT2D eigenvalue weighted by Gasteiger charge is -2.09. The van der Waals surface area contributed by atoms with Gasteiger partial charge >= 0.3 is 0 Å². The van der Waals surface area contributed by atoms with Crippen LogP contribution >= 0.6 is 0 Å². The average molecular weight is 209 g/mol. The second-order valence-electron chi connectivity index (χ2n) is 3.83. The molecule has 0 saturated carbocycles. The van der Waals surface area contributed by atoms with Crippen LogP contribution in [0.3, 0.4) is 0 Å². The minimum atomic E-state index is -0.118. The van der Waals surface area contributed by atoms with Gasteiger partial charge in [-0.15, -0.1) is 0 Å². The highest BCUT2D eigenvalue weighted by atomic mass is 16.5. The fourth-order valence-corrected chi connectivity index (χ4v) is 1.66. The Bertz CT molecular complexity index is 382. The highest BCUT2D eigenvalue weighted by Gasteiger charge is 2.15. The summed E-state index contributed by atoms with van der Waals surface area (Å²) in [5.41, 5.74) is -0.118. The van der Waals surface area contributed by atoms with Crippen LogP contribution in [0, 0.1) is 12.8 Å². The maximum Gasteiger partial charge on any atom is 0.252 e. The van der Waals surface area contributed by atoms with Crippen LogP contribution < -0.4 is 10.9 Å². The summed E-state index contributed by atoms with van der Waals surface area (Å²) >= 11 is 0. The van der Waals surface area contributed by atoms with Gasteiger partial charge in [-0.05, 0) is 13.3 Å². The van der Waals surface area contributed by atoms with Crippen LogP contribution in [0.4, 0.5) is 5.82 Å². The zero-order valence-electron chi connectivity index (χ0n) is 8.75. The van der Waals surface area contributed by atoms with Gasteiger partial charge in [0.15, 0.2) is 0 Å². The van der Waals surface area contributed by atoms with Crippen LogP contribution in [-0.4, -0.2) is 29.7 Å². The van der Waals surface area contributed by atoms with E-state index in [1.165, 1.54) is 6.07 Å². The third-order valence-corrected chi connectivity index (χ3v) is 2.46. The van der Waals surface area contributed by atoms with Crippen molar-refractivity contribution in [2.75, 3.05) is 25.1 Å². The van der Waals surface area contributed by atoms with E-state index in [1.54, 1.807) is 6.92 Å². The predicted octanol–water partition coefficient (Wildman–Crippen LogP) is 0.527. The lowest BCUT2D eigenvalue weighted by atomic mass is 10.1. The Labute approximate surface area is 87.9 Å². The molecule has 1 fully saturated rings. The van der Waals surface area contributed by atoms with Gasteiger partial charge in [0.2, 0.25) is 0 Å². The van der Waals surface area contributed by atoms with E-state index in [-0.39, 0.29) is 5.56 Å². The molecule has 2 N–H and O–H groups in total. The lowest BCUT2D eigenvalue weighted by molar-refractivity contribution is 0.187. The van der Waals surface area contributed by atoms with Crippen molar-refractivity contribution in [3.8, 4) is 0 Å². The summed E-state index contributed by atoms with van der Waals surface area (Å²) < 4.78 is 5.26. The van der Waals surface area contributed by atoms with Gasteiger partial charge < -0.3 is 15.0 Å². The third-order valence-electron chi connectivity index (χ3n) is 2.46.